The highest BCUT2D eigenvalue weighted by Crippen LogP contribution is 2.33. The van der Waals surface area contributed by atoms with Crippen LogP contribution in [0.2, 0.25) is 0 Å². The summed E-state index contributed by atoms with van der Waals surface area (Å²) in [6.07, 6.45) is 8.86. The molecule has 118 valence electrons. The Bertz CT molecular complexity index is 452. The summed E-state index contributed by atoms with van der Waals surface area (Å²) in [5.41, 5.74) is 1.16. The van der Waals surface area contributed by atoms with Gasteiger partial charge in [0.15, 0.2) is 0 Å². The third-order valence-corrected chi connectivity index (χ3v) is 4.94. The lowest BCUT2D eigenvalue weighted by Gasteiger charge is -2.18. The monoisotopic (exact) mass is 353 g/mol. The molecule has 0 saturated heterocycles. The molecule has 0 aromatic carbocycles. The minimum absolute atomic E-state index is 0.545. The van der Waals surface area contributed by atoms with Crippen LogP contribution in [0.3, 0.4) is 0 Å². The van der Waals surface area contributed by atoms with E-state index in [1.807, 2.05) is 0 Å². The predicted molar refractivity (Wildman–Crippen MR) is 92.9 cm³/mol. The molecular formula is C17H28BrN3. The quantitative estimate of drug-likeness (QED) is 0.729. The molecule has 4 heteroatoms. The fraction of sp³-hybridized carbons (Fsp3) is 0.765. The van der Waals surface area contributed by atoms with Gasteiger partial charge in [0.05, 0.1) is 10.2 Å². The zero-order chi connectivity index (χ0) is 15.2. The summed E-state index contributed by atoms with van der Waals surface area (Å²) in [5.74, 6) is 3.19. The Morgan fingerprint density at radius 1 is 1.14 bits per heavy atom. The van der Waals surface area contributed by atoms with Crippen molar-refractivity contribution in [3.05, 3.63) is 16.0 Å². The van der Waals surface area contributed by atoms with Gasteiger partial charge in [-0.25, -0.2) is 9.97 Å². The van der Waals surface area contributed by atoms with Crippen LogP contribution < -0.4 is 5.32 Å². The smallest absolute Gasteiger partial charge is 0.144 e. The van der Waals surface area contributed by atoms with Crippen molar-refractivity contribution >= 4 is 21.7 Å². The first kappa shape index (κ1) is 16.7. The zero-order valence-corrected chi connectivity index (χ0v) is 15.2. The second kappa shape index (κ2) is 8.11. The Morgan fingerprint density at radius 3 is 2.38 bits per heavy atom. The predicted octanol–water partition coefficient (Wildman–Crippen LogP) is 5.31. The second-order valence-corrected chi connectivity index (χ2v) is 7.30. The highest BCUT2D eigenvalue weighted by atomic mass is 79.9. The fourth-order valence-electron chi connectivity index (χ4n) is 3.04. The van der Waals surface area contributed by atoms with E-state index in [0.29, 0.717) is 11.8 Å². The maximum Gasteiger partial charge on any atom is 0.144 e. The van der Waals surface area contributed by atoms with E-state index in [1.165, 1.54) is 38.5 Å². The molecule has 21 heavy (non-hydrogen) atoms. The van der Waals surface area contributed by atoms with Crippen LogP contribution in [0.25, 0.3) is 0 Å². The average Bonchev–Trinajstić information content (AvgIpc) is 2.72. The van der Waals surface area contributed by atoms with Gasteiger partial charge in [-0.3, -0.25) is 0 Å². The summed E-state index contributed by atoms with van der Waals surface area (Å²) in [5, 5.41) is 3.39. The molecule has 1 aliphatic carbocycles. The lowest BCUT2D eigenvalue weighted by molar-refractivity contribution is 0.551. The van der Waals surface area contributed by atoms with Crippen molar-refractivity contribution in [1.82, 2.24) is 9.97 Å². The van der Waals surface area contributed by atoms with Crippen molar-refractivity contribution < 1.29 is 0 Å². The van der Waals surface area contributed by atoms with Crippen LogP contribution in [0, 0.1) is 5.92 Å². The fourth-order valence-corrected chi connectivity index (χ4v) is 3.52. The van der Waals surface area contributed by atoms with Gasteiger partial charge in [0.25, 0.3) is 0 Å². The number of hydrogen-bond acceptors (Lipinski definition) is 3. The number of anilines is 1. The van der Waals surface area contributed by atoms with Gasteiger partial charge in [0.2, 0.25) is 0 Å². The summed E-state index contributed by atoms with van der Waals surface area (Å²) < 4.78 is 1.05. The zero-order valence-electron chi connectivity index (χ0n) is 13.6. The van der Waals surface area contributed by atoms with Crippen molar-refractivity contribution in [1.29, 1.82) is 0 Å². The summed E-state index contributed by atoms with van der Waals surface area (Å²) in [7, 11) is 0. The Labute approximate surface area is 137 Å². The average molecular weight is 354 g/mol. The number of hydrogen-bond donors (Lipinski definition) is 1. The highest BCUT2D eigenvalue weighted by Gasteiger charge is 2.21. The van der Waals surface area contributed by atoms with Gasteiger partial charge in [-0.1, -0.05) is 39.5 Å². The van der Waals surface area contributed by atoms with Crippen LogP contribution in [0.15, 0.2) is 4.47 Å². The van der Waals surface area contributed by atoms with Crippen molar-refractivity contribution in [2.75, 3.05) is 11.9 Å². The van der Waals surface area contributed by atoms with E-state index in [1.54, 1.807) is 0 Å². The van der Waals surface area contributed by atoms with E-state index in [9.17, 15) is 0 Å². The van der Waals surface area contributed by atoms with Crippen molar-refractivity contribution in [3.63, 3.8) is 0 Å². The maximum atomic E-state index is 4.92. The molecule has 1 heterocycles. The summed E-state index contributed by atoms with van der Waals surface area (Å²) >= 11 is 3.70. The summed E-state index contributed by atoms with van der Waals surface area (Å²) in [6.45, 7) is 7.49. The van der Waals surface area contributed by atoms with Gasteiger partial charge in [-0.05, 0) is 48.0 Å². The molecule has 1 aromatic rings. The van der Waals surface area contributed by atoms with E-state index in [4.69, 9.17) is 9.97 Å². The van der Waals surface area contributed by atoms with Crippen molar-refractivity contribution in [2.45, 2.75) is 71.6 Å². The SMILES string of the molecule is CCNc1nc(C2CCCCCC2)nc(CC(C)C)c1Br. The number of nitrogens with one attached hydrogen (secondary N) is 1. The normalized spacial score (nSPS) is 17.0. The molecule has 1 saturated carbocycles. The third-order valence-electron chi connectivity index (χ3n) is 4.10. The molecule has 1 N–H and O–H groups in total. The van der Waals surface area contributed by atoms with Crippen LogP contribution in [-0.2, 0) is 6.42 Å². The number of aromatic nitrogens is 2. The molecular weight excluding hydrogens is 326 g/mol. The molecule has 1 fully saturated rings. The first-order valence-electron chi connectivity index (χ1n) is 8.42. The minimum Gasteiger partial charge on any atom is -0.369 e. The molecule has 2 rings (SSSR count). The van der Waals surface area contributed by atoms with Crippen LogP contribution in [0.1, 0.15) is 76.7 Å². The largest absolute Gasteiger partial charge is 0.369 e. The number of rotatable bonds is 5. The topological polar surface area (TPSA) is 37.8 Å². The van der Waals surface area contributed by atoms with E-state index < -0.39 is 0 Å². The van der Waals surface area contributed by atoms with Gasteiger partial charge in [0, 0.05) is 12.5 Å². The lowest BCUT2D eigenvalue weighted by atomic mass is 9.99. The molecule has 0 unspecified atom stereocenters. The third kappa shape index (κ3) is 4.67. The van der Waals surface area contributed by atoms with Crippen LogP contribution in [0.4, 0.5) is 5.82 Å². The molecule has 0 atom stereocenters. The summed E-state index contributed by atoms with van der Waals surface area (Å²) in [6, 6.07) is 0. The standard InChI is InChI=1S/C17H28BrN3/c1-4-19-17-15(18)14(11-12(2)3)20-16(21-17)13-9-7-5-6-8-10-13/h12-13H,4-11H2,1-3H3,(H,19,20,21). The van der Waals surface area contributed by atoms with E-state index in [2.05, 4.69) is 42.0 Å². The molecule has 0 amide bonds. The van der Waals surface area contributed by atoms with Crippen LogP contribution in [-0.4, -0.2) is 16.5 Å². The first-order chi connectivity index (χ1) is 10.1. The molecule has 0 bridgehead atoms. The molecule has 0 aliphatic heterocycles. The van der Waals surface area contributed by atoms with Gasteiger partial charge < -0.3 is 5.32 Å². The van der Waals surface area contributed by atoms with Gasteiger partial charge in [-0.2, -0.15) is 0 Å². The molecule has 0 radical (unpaired) electrons. The lowest BCUT2D eigenvalue weighted by Crippen LogP contribution is -2.12. The first-order valence-corrected chi connectivity index (χ1v) is 9.21. The Morgan fingerprint density at radius 2 is 1.81 bits per heavy atom. The molecule has 3 nitrogen and oxygen atoms in total. The Balaban J connectivity index is 2.32. The Kier molecular flexibility index (Phi) is 6.46. The number of nitrogens with zero attached hydrogens (tertiary/aromatic N) is 2. The van der Waals surface area contributed by atoms with Crippen molar-refractivity contribution in [3.8, 4) is 0 Å². The van der Waals surface area contributed by atoms with Crippen LogP contribution >= 0.6 is 15.9 Å². The molecule has 0 spiro atoms. The second-order valence-electron chi connectivity index (χ2n) is 6.51. The summed E-state index contributed by atoms with van der Waals surface area (Å²) in [4.78, 5) is 9.75. The van der Waals surface area contributed by atoms with Gasteiger partial charge in [0.1, 0.15) is 11.6 Å². The maximum absolute atomic E-state index is 4.92. The van der Waals surface area contributed by atoms with E-state index >= 15 is 0 Å². The number of halogens is 1. The van der Waals surface area contributed by atoms with E-state index in [0.717, 1.165) is 34.8 Å². The molecule has 1 aliphatic rings. The Hall–Kier alpha value is -0.640. The minimum atomic E-state index is 0.545. The highest BCUT2D eigenvalue weighted by molar-refractivity contribution is 9.10. The molecule has 1 aromatic heterocycles. The van der Waals surface area contributed by atoms with Crippen molar-refractivity contribution in [2.24, 2.45) is 5.92 Å². The van der Waals surface area contributed by atoms with Gasteiger partial charge >= 0.3 is 0 Å². The van der Waals surface area contributed by atoms with E-state index in [-0.39, 0.29) is 0 Å². The van der Waals surface area contributed by atoms with Crippen LogP contribution in [0.5, 0.6) is 0 Å². The van der Waals surface area contributed by atoms with Gasteiger partial charge in [-0.15, -0.1) is 0 Å².